The Bertz CT molecular complexity index is 264. The van der Waals surface area contributed by atoms with Gasteiger partial charge in [0, 0.05) is 26.2 Å². The van der Waals surface area contributed by atoms with Gasteiger partial charge < -0.3 is 10.2 Å². The summed E-state index contributed by atoms with van der Waals surface area (Å²) in [4.78, 5) is 16.7. The minimum atomic E-state index is 0.326. The molecule has 2 atom stereocenters. The average molecular weight is 253 g/mol. The van der Waals surface area contributed by atoms with Gasteiger partial charge in [0.25, 0.3) is 0 Å². The van der Waals surface area contributed by atoms with Crippen molar-refractivity contribution in [3.8, 4) is 0 Å². The summed E-state index contributed by atoms with van der Waals surface area (Å²) < 4.78 is 0. The Morgan fingerprint density at radius 3 is 2.22 bits per heavy atom. The van der Waals surface area contributed by atoms with Crippen LogP contribution in [0.2, 0.25) is 0 Å². The van der Waals surface area contributed by atoms with Crippen molar-refractivity contribution in [3.63, 3.8) is 0 Å². The molecule has 18 heavy (non-hydrogen) atoms. The predicted octanol–water partition coefficient (Wildman–Crippen LogP) is 0.786. The van der Waals surface area contributed by atoms with Crippen molar-refractivity contribution in [1.29, 1.82) is 0 Å². The predicted molar refractivity (Wildman–Crippen MR) is 73.5 cm³/mol. The number of likely N-dealkylation sites (tertiary alicyclic amines) is 1. The minimum Gasteiger partial charge on any atom is -0.342 e. The maximum Gasteiger partial charge on any atom is 0.236 e. The van der Waals surface area contributed by atoms with Gasteiger partial charge >= 0.3 is 0 Å². The first-order valence-electron chi connectivity index (χ1n) is 7.45. The minimum absolute atomic E-state index is 0.326. The van der Waals surface area contributed by atoms with Gasteiger partial charge in [-0.3, -0.25) is 9.69 Å². The van der Waals surface area contributed by atoms with E-state index in [0.717, 1.165) is 63.9 Å². The van der Waals surface area contributed by atoms with Crippen LogP contribution in [0.3, 0.4) is 0 Å². The molecule has 1 amide bonds. The van der Waals surface area contributed by atoms with E-state index in [2.05, 4.69) is 24.1 Å². The van der Waals surface area contributed by atoms with E-state index in [1.165, 1.54) is 0 Å². The molecule has 2 aliphatic rings. The summed E-state index contributed by atoms with van der Waals surface area (Å²) in [5.74, 6) is 1.89. The normalized spacial score (nSPS) is 27.4. The third kappa shape index (κ3) is 3.23. The lowest BCUT2D eigenvalue weighted by atomic mass is 10.0. The Morgan fingerprint density at radius 1 is 1.17 bits per heavy atom. The maximum atomic E-state index is 12.3. The maximum absolute atomic E-state index is 12.3. The molecule has 4 heteroatoms. The summed E-state index contributed by atoms with van der Waals surface area (Å²) in [7, 11) is 0. The second-order valence-corrected chi connectivity index (χ2v) is 5.75. The zero-order valence-electron chi connectivity index (χ0n) is 11.8. The number of amides is 1. The zero-order chi connectivity index (χ0) is 13.0. The Hall–Kier alpha value is -0.610. The molecule has 0 bridgehead atoms. The van der Waals surface area contributed by atoms with Crippen LogP contribution in [0.1, 0.15) is 26.7 Å². The lowest BCUT2D eigenvalue weighted by Gasteiger charge is -2.25. The molecule has 0 aliphatic carbocycles. The van der Waals surface area contributed by atoms with Crippen molar-refractivity contribution in [2.45, 2.75) is 26.7 Å². The summed E-state index contributed by atoms with van der Waals surface area (Å²) in [6, 6.07) is 0. The van der Waals surface area contributed by atoms with Crippen molar-refractivity contribution >= 4 is 5.91 Å². The van der Waals surface area contributed by atoms with E-state index in [4.69, 9.17) is 0 Å². The molecular formula is C14H27N3O. The summed E-state index contributed by atoms with van der Waals surface area (Å²) in [5.41, 5.74) is 0. The SMILES string of the molecule is CCCN(CCC)C(=O)CN1CC2CNCC2C1. The van der Waals surface area contributed by atoms with Gasteiger partial charge in [0.2, 0.25) is 5.91 Å². The summed E-state index contributed by atoms with van der Waals surface area (Å²) in [5, 5.41) is 3.44. The molecule has 2 saturated heterocycles. The molecule has 2 fully saturated rings. The topological polar surface area (TPSA) is 35.6 Å². The van der Waals surface area contributed by atoms with Crippen molar-refractivity contribution in [1.82, 2.24) is 15.1 Å². The molecule has 2 heterocycles. The van der Waals surface area contributed by atoms with Crippen LogP contribution in [-0.2, 0) is 4.79 Å². The van der Waals surface area contributed by atoms with Gasteiger partial charge in [0.1, 0.15) is 0 Å². The fourth-order valence-corrected chi connectivity index (χ4v) is 3.27. The van der Waals surface area contributed by atoms with Gasteiger partial charge in [0.05, 0.1) is 6.54 Å². The molecule has 4 nitrogen and oxygen atoms in total. The Labute approximate surface area is 111 Å². The largest absolute Gasteiger partial charge is 0.342 e. The summed E-state index contributed by atoms with van der Waals surface area (Å²) in [6.07, 6.45) is 2.11. The number of fused-ring (bicyclic) bond motifs is 1. The third-order valence-electron chi connectivity index (χ3n) is 4.16. The van der Waals surface area contributed by atoms with E-state index in [1.807, 2.05) is 4.90 Å². The van der Waals surface area contributed by atoms with E-state index in [0.29, 0.717) is 12.5 Å². The van der Waals surface area contributed by atoms with Gasteiger partial charge in [-0.15, -0.1) is 0 Å². The van der Waals surface area contributed by atoms with E-state index >= 15 is 0 Å². The molecule has 1 N–H and O–H groups in total. The molecule has 0 spiro atoms. The van der Waals surface area contributed by atoms with Gasteiger partial charge in [-0.2, -0.15) is 0 Å². The second kappa shape index (κ2) is 6.53. The van der Waals surface area contributed by atoms with Crippen molar-refractivity contribution < 1.29 is 4.79 Å². The van der Waals surface area contributed by atoms with E-state index in [1.54, 1.807) is 0 Å². The van der Waals surface area contributed by atoms with Crippen LogP contribution in [0.15, 0.2) is 0 Å². The molecule has 104 valence electrons. The highest BCUT2D eigenvalue weighted by Crippen LogP contribution is 2.25. The monoisotopic (exact) mass is 253 g/mol. The molecule has 0 radical (unpaired) electrons. The number of nitrogens with one attached hydrogen (secondary N) is 1. The number of carbonyl (C=O) groups excluding carboxylic acids is 1. The zero-order valence-corrected chi connectivity index (χ0v) is 11.8. The highest BCUT2D eigenvalue weighted by atomic mass is 16.2. The first kappa shape index (κ1) is 13.8. The lowest BCUT2D eigenvalue weighted by Crippen LogP contribution is -2.41. The molecule has 0 aromatic heterocycles. The van der Waals surface area contributed by atoms with E-state index in [-0.39, 0.29) is 0 Å². The van der Waals surface area contributed by atoms with Crippen molar-refractivity contribution in [2.24, 2.45) is 11.8 Å². The van der Waals surface area contributed by atoms with Crippen LogP contribution in [0.5, 0.6) is 0 Å². The van der Waals surface area contributed by atoms with E-state index in [9.17, 15) is 4.79 Å². The molecule has 2 rings (SSSR count). The quantitative estimate of drug-likeness (QED) is 0.760. The molecule has 0 saturated carbocycles. The van der Waals surface area contributed by atoms with E-state index < -0.39 is 0 Å². The number of hydrogen-bond acceptors (Lipinski definition) is 3. The summed E-state index contributed by atoms with van der Waals surface area (Å²) >= 11 is 0. The highest BCUT2D eigenvalue weighted by Gasteiger charge is 2.36. The third-order valence-corrected chi connectivity index (χ3v) is 4.16. The molecule has 2 unspecified atom stereocenters. The van der Waals surface area contributed by atoms with Gasteiger partial charge in [-0.05, 0) is 37.8 Å². The van der Waals surface area contributed by atoms with Crippen LogP contribution in [0.4, 0.5) is 0 Å². The standard InChI is InChI=1S/C14H27N3O/c1-3-5-17(6-4-2)14(18)11-16-9-12-7-15-8-13(12)10-16/h12-13,15H,3-11H2,1-2H3. The Balaban J connectivity index is 1.79. The van der Waals surface area contributed by atoms with Crippen LogP contribution in [0, 0.1) is 11.8 Å². The first-order valence-corrected chi connectivity index (χ1v) is 7.45. The molecule has 2 aliphatic heterocycles. The first-order chi connectivity index (χ1) is 8.74. The smallest absolute Gasteiger partial charge is 0.236 e. The molecule has 0 aromatic carbocycles. The van der Waals surface area contributed by atoms with Crippen molar-refractivity contribution in [2.75, 3.05) is 45.8 Å². The number of rotatable bonds is 6. The second-order valence-electron chi connectivity index (χ2n) is 5.75. The fraction of sp³-hybridized carbons (Fsp3) is 0.929. The Morgan fingerprint density at radius 2 is 1.72 bits per heavy atom. The molecule has 0 aromatic rings. The van der Waals surface area contributed by atoms with Crippen LogP contribution >= 0.6 is 0 Å². The van der Waals surface area contributed by atoms with Crippen LogP contribution in [-0.4, -0.2) is 61.5 Å². The van der Waals surface area contributed by atoms with Crippen molar-refractivity contribution in [3.05, 3.63) is 0 Å². The van der Waals surface area contributed by atoms with Crippen LogP contribution < -0.4 is 5.32 Å². The van der Waals surface area contributed by atoms with Gasteiger partial charge in [-0.1, -0.05) is 13.8 Å². The lowest BCUT2D eigenvalue weighted by molar-refractivity contribution is -0.132. The van der Waals surface area contributed by atoms with Gasteiger partial charge in [0.15, 0.2) is 0 Å². The van der Waals surface area contributed by atoms with Gasteiger partial charge in [-0.25, -0.2) is 0 Å². The van der Waals surface area contributed by atoms with Crippen LogP contribution in [0.25, 0.3) is 0 Å². The average Bonchev–Trinajstić information content (AvgIpc) is 2.89. The fourth-order valence-electron chi connectivity index (χ4n) is 3.27. The number of nitrogens with zero attached hydrogens (tertiary/aromatic N) is 2. The molecular weight excluding hydrogens is 226 g/mol. The number of hydrogen-bond donors (Lipinski definition) is 1. The number of carbonyl (C=O) groups is 1. The summed E-state index contributed by atoms with van der Waals surface area (Å²) in [6.45, 7) is 11.2. The Kier molecular flexibility index (Phi) is 5.01. The highest BCUT2D eigenvalue weighted by molar-refractivity contribution is 5.78.